The zero-order valence-electron chi connectivity index (χ0n) is 13.0. The first-order chi connectivity index (χ1) is 11.0. The largest absolute Gasteiger partial charge is 0.324 e. The topological polar surface area (TPSA) is 49.4 Å². The molecule has 118 valence electrons. The van der Waals surface area contributed by atoms with Crippen LogP contribution in [0.25, 0.3) is 0 Å². The van der Waals surface area contributed by atoms with Gasteiger partial charge in [-0.25, -0.2) is 0 Å². The van der Waals surface area contributed by atoms with Crippen molar-refractivity contribution in [3.8, 4) is 0 Å². The molecule has 5 heteroatoms. The summed E-state index contributed by atoms with van der Waals surface area (Å²) in [6.45, 7) is 4.04. The number of hydrogen-bond donors (Lipinski definition) is 1. The monoisotopic (exact) mass is 328 g/mol. The third-order valence-corrected chi connectivity index (χ3v) is 4.63. The van der Waals surface area contributed by atoms with Gasteiger partial charge in [0.2, 0.25) is 5.91 Å². The van der Waals surface area contributed by atoms with Gasteiger partial charge in [-0.05, 0) is 43.2 Å². The predicted molar refractivity (Wildman–Crippen MR) is 90.6 cm³/mol. The number of nitrogens with one attached hydrogen (secondary N) is 1. The van der Waals surface area contributed by atoms with Crippen LogP contribution in [0.15, 0.2) is 42.5 Å². The lowest BCUT2D eigenvalue weighted by atomic mass is 10.1. The molecule has 0 saturated carbocycles. The Morgan fingerprint density at radius 2 is 1.96 bits per heavy atom. The molecule has 0 bridgehead atoms. The van der Waals surface area contributed by atoms with Gasteiger partial charge in [0.1, 0.15) is 6.04 Å². The van der Waals surface area contributed by atoms with Crippen molar-refractivity contribution in [2.45, 2.75) is 26.4 Å². The fourth-order valence-corrected chi connectivity index (χ4v) is 2.89. The normalized spacial score (nSPS) is 14.6. The van der Waals surface area contributed by atoms with Crippen LogP contribution in [-0.4, -0.2) is 22.8 Å². The molecule has 23 heavy (non-hydrogen) atoms. The summed E-state index contributed by atoms with van der Waals surface area (Å²) in [7, 11) is 0. The van der Waals surface area contributed by atoms with Crippen molar-refractivity contribution in [1.29, 1.82) is 0 Å². The van der Waals surface area contributed by atoms with Crippen LogP contribution in [0.4, 0.5) is 5.69 Å². The van der Waals surface area contributed by atoms with E-state index in [1.807, 2.05) is 25.1 Å². The van der Waals surface area contributed by atoms with Crippen LogP contribution in [0.3, 0.4) is 0 Å². The maximum atomic E-state index is 12.5. The van der Waals surface area contributed by atoms with E-state index < -0.39 is 6.04 Å². The fourth-order valence-electron chi connectivity index (χ4n) is 2.71. The Kier molecular flexibility index (Phi) is 4.09. The van der Waals surface area contributed by atoms with Crippen molar-refractivity contribution in [2.24, 2.45) is 0 Å². The lowest BCUT2D eigenvalue weighted by Crippen LogP contribution is -2.42. The molecular formula is C18H17ClN2O2. The first kappa shape index (κ1) is 15.6. The van der Waals surface area contributed by atoms with Gasteiger partial charge >= 0.3 is 0 Å². The van der Waals surface area contributed by atoms with Crippen molar-refractivity contribution in [1.82, 2.24) is 4.90 Å². The molecule has 0 unspecified atom stereocenters. The third-order valence-electron chi connectivity index (χ3n) is 4.22. The Bertz CT molecular complexity index is 788. The van der Waals surface area contributed by atoms with Gasteiger partial charge in [-0.3, -0.25) is 9.59 Å². The first-order valence-corrected chi connectivity index (χ1v) is 7.81. The molecule has 0 spiro atoms. The number of nitrogens with zero attached hydrogens (tertiary/aromatic N) is 1. The molecule has 2 amide bonds. The molecule has 4 nitrogen and oxygen atoms in total. The molecular weight excluding hydrogens is 312 g/mol. The summed E-state index contributed by atoms with van der Waals surface area (Å²) < 4.78 is 0. The molecule has 1 aliphatic rings. The maximum Gasteiger partial charge on any atom is 0.255 e. The summed E-state index contributed by atoms with van der Waals surface area (Å²) in [5, 5.41) is 3.46. The van der Waals surface area contributed by atoms with E-state index in [1.54, 1.807) is 36.1 Å². The molecule has 0 aromatic heterocycles. The van der Waals surface area contributed by atoms with E-state index >= 15 is 0 Å². The molecule has 1 aliphatic heterocycles. The van der Waals surface area contributed by atoms with Crippen LogP contribution in [0.1, 0.15) is 28.4 Å². The molecule has 1 N–H and O–H groups in total. The fraction of sp³-hybridized carbons (Fsp3) is 0.222. The van der Waals surface area contributed by atoms with Crippen molar-refractivity contribution in [3.63, 3.8) is 0 Å². The van der Waals surface area contributed by atoms with Gasteiger partial charge in [-0.1, -0.05) is 35.9 Å². The van der Waals surface area contributed by atoms with Crippen molar-refractivity contribution in [3.05, 3.63) is 64.2 Å². The molecule has 0 saturated heterocycles. The van der Waals surface area contributed by atoms with E-state index in [9.17, 15) is 9.59 Å². The smallest absolute Gasteiger partial charge is 0.255 e. The molecule has 2 aromatic rings. The number of fused-ring (bicyclic) bond motifs is 1. The van der Waals surface area contributed by atoms with Gasteiger partial charge in [0, 0.05) is 22.8 Å². The number of rotatable bonds is 3. The van der Waals surface area contributed by atoms with E-state index in [4.69, 9.17) is 11.6 Å². The van der Waals surface area contributed by atoms with Crippen molar-refractivity contribution in [2.75, 3.05) is 5.32 Å². The number of halogens is 1. The average molecular weight is 329 g/mol. The predicted octanol–water partition coefficient (Wildman–Crippen LogP) is 3.63. The Morgan fingerprint density at radius 3 is 2.70 bits per heavy atom. The van der Waals surface area contributed by atoms with E-state index in [2.05, 4.69) is 5.32 Å². The van der Waals surface area contributed by atoms with Gasteiger partial charge in [0.15, 0.2) is 0 Å². The van der Waals surface area contributed by atoms with Gasteiger partial charge in [0.25, 0.3) is 5.91 Å². The van der Waals surface area contributed by atoms with Crippen LogP contribution >= 0.6 is 11.6 Å². The molecule has 0 radical (unpaired) electrons. The maximum absolute atomic E-state index is 12.5. The standard InChI is InChI=1S/C18H17ClN2O2/c1-11-15(19)8-5-9-16(11)20-17(22)12(2)21-10-13-6-3-4-7-14(13)18(21)23/h3-9,12H,10H2,1-2H3,(H,20,22)/t12-/m0/s1. The van der Waals surface area contributed by atoms with Gasteiger partial charge in [-0.2, -0.15) is 0 Å². The van der Waals surface area contributed by atoms with Crippen LogP contribution in [-0.2, 0) is 11.3 Å². The second-order valence-corrected chi connectivity index (χ2v) is 6.08. The highest BCUT2D eigenvalue weighted by molar-refractivity contribution is 6.31. The quantitative estimate of drug-likeness (QED) is 0.935. The van der Waals surface area contributed by atoms with Crippen LogP contribution < -0.4 is 5.32 Å². The van der Waals surface area contributed by atoms with Crippen molar-refractivity contribution < 1.29 is 9.59 Å². The highest BCUT2D eigenvalue weighted by Gasteiger charge is 2.33. The third kappa shape index (κ3) is 2.82. The second-order valence-electron chi connectivity index (χ2n) is 5.67. The van der Waals surface area contributed by atoms with Crippen molar-refractivity contribution >= 4 is 29.1 Å². The number of benzene rings is 2. The van der Waals surface area contributed by atoms with Gasteiger partial charge in [-0.15, -0.1) is 0 Å². The molecule has 0 aliphatic carbocycles. The zero-order chi connectivity index (χ0) is 16.6. The second kappa shape index (κ2) is 6.05. The van der Waals surface area contributed by atoms with E-state index in [0.717, 1.165) is 11.1 Å². The Labute approximate surface area is 140 Å². The molecule has 2 aromatic carbocycles. The minimum absolute atomic E-state index is 0.105. The van der Waals surface area contributed by atoms with Gasteiger partial charge < -0.3 is 10.2 Å². The van der Waals surface area contributed by atoms with E-state index in [-0.39, 0.29) is 11.8 Å². The minimum atomic E-state index is -0.562. The summed E-state index contributed by atoms with van der Waals surface area (Å²) in [6, 6.07) is 12.2. The van der Waals surface area contributed by atoms with E-state index in [1.165, 1.54) is 0 Å². The Hall–Kier alpha value is -2.33. The summed E-state index contributed by atoms with van der Waals surface area (Å²) in [5.41, 5.74) is 3.10. The zero-order valence-corrected chi connectivity index (χ0v) is 13.7. The van der Waals surface area contributed by atoms with E-state index in [0.29, 0.717) is 22.8 Å². The molecule has 0 fully saturated rings. The summed E-state index contributed by atoms with van der Waals surface area (Å²) >= 11 is 6.07. The molecule has 3 rings (SSSR count). The lowest BCUT2D eigenvalue weighted by molar-refractivity contribution is -0.120. The summed E-state index contributed by atoms with van der Waals surface area (Å²) in [6.07, 6.45) is 0. The number of carbonyl (C=O) groups is 2. The molecule has 1 heterocycles. The average Bonchev–Trinajstić information content (AvgIpc) is 2.88. The summed E-state index contributed by atoms with van der Waals surface area (Å²) in [4.78, 5) is 26.5. The van der Waals surface area contributed by atoms with Gasteiger partial charge in [0.05, 0.1) is 0 Å². The summed E-state index contributed by atoms with van der Waals surface area (Å²) in [5.74, 6) is -0.331. The van der Waals surface area contributed by atoms with Crippen LogP contribution in [0.5, 0.6) is 0 Å². The first-order valence-electron chi connectivity index (χ1n) is 7.44. The minimum Gasteiger partial charge on any atom is -0.324 e. The number of hydrogen-bond acceptors (Lipinski definition) is 2. The number of amides is 2. The Morgan fingerprint density at radius 1 is 1.22 bits per heavy atom. The van der Waals surface area contributed by atoms with Crippen LogP contribution in [0, 0.1) is 6.92 Å². The highest BCUT2D eigenvalue weighted by Crippen LogP contribution is 2.26. The number of carbonyl (C=O) groups excluding carboxylic acids is 2. The molecule has 1 atom stereocenters. The highest BCUT2D eigenvalue weighted by atomic mass is 35.5. The lowest BCUT2D eigenvalue weighted by Gasteiger charge is -2.23. The SMILES string of the molecule is Cc1c(Cl)cccc1NC(=O)[C@H](C)N1Cc2ccccc2C1=O. The Balaban J connectivity index is 1.76. The number of anilines is 1. The van der Waals surface area contributed by atoms with Crippen LogP contribution in [0.2, 0.25) is 5.02 Å².